The van der Waals surface area contributed by atoms with Crippen LogP contribution in [0.2, 0.25) is 0 Å². The van der Waals surface area contributed by atoms with Gasteiger partial charge < -0.3 is 10.6 Å². The summed E-state index contributed by atoms with van der Waals surface area (Å²) in [5.74, 6) is 2.32. The second-order valence-corrected chi connectivity index (χ2v) is 5.90. The molecular formula is C13H27N3S. The largest absolute Gasteiger partial charge is 0.357 e. The van der Waals surface area contributed by atoms with Crippen LogP contribution < -0.4 is 10.6 Å². The monoisotopic (exact) mass is 257 g/mol. The van der Waals surface area contributed by atoms with Crippen LogP contribution in [0.15, 0.2) is 4.99 Å². The van der Waals surface area contributed by atoms with E-state index in [0.717, 1.165) is 30.8 Å². The number of nitrogens with one attached hydrogen (secondary N) is 2. The van der Waals surface area contributed by atoms with Gasteiger partial charge in [0.2, 0.25) is 0 Å². The van der Waals surface area contributed by atoms with E-state index in [1.54, 1.807) is 0 Å². The molecule has 1 saturated heterocycles. The molecule has 0 aromatic rings. The van der Waals surface area contributed by atoms with Crippen molar-refractivity contribution in [3.63, 3.8) is 0 Å². The third-order valence-electron chi connectivity index (χ3n) is 2.89. The maximum absolute atomic E-state index is 4.67. The molecule has 0 aliphatic carbocycles. The van der Waals surface area contributed by atoms with Gasteiger partial charge in [-0.25, -0.2) is 0 Å². The van der Waals surface area contributed by atoms with Gasteiger partial charge >= 0.3 is 0 Å². The molecule has 0 amide bonds. The lowest BCUT2D eigenvalue weighted by atomic mass is 10.2. The SMILES string of the molecule is CCCCCNC(=NCC1CCCS1)NCC. The van der Waals surface area contributed by atoms with E-state index in [1.807, 2.05) is 0 Å². The quantitative estimate of drug-likeness (QED) is 0.418. The number of nitrogens with zero attached hydrogens (tertiary/aromatic N) is 1. The van der Waals surface area contributed by atoms with Crippen molar-refractivity contribution in [2.45, 2.75) is 51.2 Å². The molecule has 1 aliphatic heterocycles. The summed E-state index contributed by atoms with van der Waals surface area (Å²) in [5, 5.41) is 7.47. The normalized spacial score (nSPS) is 20.6. The van der Waals surface area contributed by atoms with Crippen LogP contribution in [0.5, 0.6) is 0 Å². The van der Waals surface area contributed by atoms with Crippen LogP contribution in [-0.2, 0) is 0 Å². The van der Waals surface area contributed by atoms with Crippen molar-refractivity contribution in [1.29, 1.82) is 0 Å². The summed E-state index contributed by atoms with van der Waals surface area (Å²) in [6.07, 6.45) is 6.51. The standard InChI is InChI=1S/C13H27N3S/c1-3-5-6-9-15-13(14-4-2)16-11-12-8-7-10-17-12/h12H,3-11H2,1-2H3,(H2,14,15,16). The highest BCUT2D eigenvalue weighted by molar-refractivity contribution is 8.00. The fourth-order valence-corrected chi connectivity index (χ4v) is 3.08. The van der Waals surface area contributed by atoms with E-state index in [4.69, 9.17) is 0 Å². The number of hydrogen-bond acceptors (Lipinski definition) is 2. The molecule has 2 N–H and O–H groups in total. The first-order chi connectivity index (χ1) is 8.36. The maximum Gasteiger partial charge on any atom is 0.191 e. The van der Waals surface area contributed by atoms with Gasteiger partial charge in [-0.2, -0.15) is 11.8 Å². The zero-order valence-corrected chi connectivity index (χ0v) is 12.1. The van der Waals surface area contributed by atoms with Gasteiger partial charge in [0.15, 0.2) is 5.96 Å². The Bertz CT molecular complexity index is 213. The highest BCUT2D eigenvalue weighted by Crippen LogP contribution is 2.25. The smallest absolute Gasteiger partial charge is 0.191 e. The van der Waals surface area contributed by atoms with Crippen molar-refractivity contribution in [3.8, 4) is 0 Å². The Balaban J connectivity index is 2.22. The third kappa shape index (κ3) is 6.81. The maximum atomic E-state index is 4.67. The first-order valence-corrected chi connectivity index (χ1v) is 8.05. The Morgan fingerprint density at radius 3 is 2.82 bits per heavy atom. The second kappa shape index (κ2) is 9.63. The van der Waals surface area contributed by atoms with Crippen molar-refractivity contribution >= 4 is 17.7 Å². The molecule has 3 nitrogen and oxygen atoms in total. The molecule has 4 heteroatoms. The van der Waals surface area contributed by atoms with Crippen LogP contribution in [0.25, 0.3) is 0 Å². The Hall–Kier alpha value is -0.380. The molecule has 1 fully saturated rings. The highest BCUT2D eigenvalue weighted by atomic mass is 32.2. The summed E-state index contributed by atoms with van der Waals surface area (Å²) in [5.41, 5.74) is 0. The molecule has 1 unspecified atom stereocenters. The molecule has 0 aromatic heterocycles. The van der Waals surface area contributed by atoms with Gasteiger partial charge in [0.1, 0.15) is 0 Å². The van der Waals surface area contributed by atoms with Crippen LogP contribution >= 0.6 is 11.8 Å². The molecule has 1 aliphatic rings. The lowest BCUT2D eigenvalue weighted by molar-refractivity contribution is 0.681. The van der Waals surface area contributed by atoms with E-state index in [-0.39, 0.29) is 0 Å². The molecule has 0 bridgehead atoms. The van der Waals surface area contributed by atoms with Crippen LogP contribution in [0, 0.1) is 0 Å². The van der Waals surface area contributed by atoms with Crippen LogP contribution in [0.3, 0.4) is 0 Å². The lowest BCUT2D eigenvalue weighted by Gasteiger charge is -2.12. The van der Waals surface area contributed by atoms with E-state index in [1.165, 1.54) is 37.9 Å². The zero-order valence-electron chi connectivity index (χ0n) is 11.3. The van der Waals surface area contributed by atoms with Gasteiger partial charge in [-0.3, -0.25) is 4.99 Å². The van der Waals surface area contributed by atoms with E-state index in [0.29, 0.717) is 0 Å². The Kier molecular flexibility index (Phi) is 8.32. The van der Waals surface area contributed by atoms with Gasteiger partial charge in [-0.15, -0.1) is 0 Å². The fourth-order valence-electron chi connectivity index (χ4n) is 1.90. The first-order valence-electron chi connectivity index (χ1n) is 7.00. The summed E-state index contributed by atoms with van der Waals surface area (Å²) in [6.45, 7) is 7.30. The average Bonchev–Trinajstić information content (AvgIpc) is 2.84. The number of guanidine groups is 1. The van der Waals surface area contributed by atoms with Gasteiger partial charge in [0, 0.05) is 18.3 Å². The van der Waals surface area contributed by atoms with Gasteiger partial charge in [0.25, 0.3) is 0 Å². The number of rotatable bonds is 7. The van der Waals surface area contributed by atoms with E-state index < -0.39 is 0 Å². The third-order valence-corrected chi connectivity index (χ3v) is 4.27. The first kappa shape index (κ1) is 14.7. The topological polar surface area (TPSA) is 36.4 Å². The van der Waals surface area contributed by atoms with E-state index in [2.05, 4.69) is 41.2 Å². The predicted octanol–water partition coefficient (Wildman–Crippen LogP) is 2.63. The minimum Gasteiger partial charge on any atom is -0.357 e. The second-order valence-electron chi connectivity index (χ2n) is 4.49. The Morgan fingerprint density at radius 2 is 2.18 bits per heavy atom. The fraction of sp³-hybridized carbons (Fsp3) is 0.923. The minimum atomic E-state index is 0.751. The number of unbranched alkanes of at least 4 members (excludes halogenated alkanes) is 2. The van der Waals surface area contributed by atoms with Gasteiger partial charge in [-0.05, 0) is 31.9 Å². The minimum absolute atomic E-state index is 0.751. The molecule has 0 spiro atoms. The summed E-state index contributed by atoms with van der Waals surface area (Å²) in [4.78, 5) is 4.67. The molecule has 100 valence electrons. The molecule has 1 atom stereocenters. The molecule has 1 rings (SSSR count). The molecule has 0 radical (unpaired) electrons. The molecule has 0 aromatic carbocycles. The average molecular weight is 257 g/mol. The van der Waals surface area contributed by atoms with Crippen LogP contribution in [-0.4, -0.2) is 36.6 Å². The van der Waals surface area contributed by atoms with Crippen LogP contribution in [0.4, 0.5) is 0 Å². The molecule has 17 heavy (non-hydrogen) atoms. The Labute approximate surface area is 110 Å². The Morgan fingerprint density at radius 1 is 1.29 bits per heavy atom. The van der Waals surface area contributed by atoms with E-state index in [9.17, 15) is 0 Å². The van der Waals surface area contributed by atoms with Crippen molar-refractivity contribution in [2.75, 3.05) is 25.4 Å². The summed E-state index contributed by atoms with van der Waals surface area (Å²) in [7, 11) is 0. The van der Waals surface area contributed by atoms with Gasteiger partial charge in [0.05, 0.1) is 6.54 Å². The molecular weight excluding hydrogens is 230 g/mol. The van der Waals surface area contributed by atoms with Gasteiger partial charge in [-0.1, -0.05) is 19.8 Å². The number of aliphatic imine (C=N–C) groups is 1. The van der Waals surface area contributed by atoms with Crippen molar-refractivity contribution in [1.82, 2.24) is 10.6 Å². The van der Waals surface area contributed by atoms with Crippen LogP contribution in [0.1, 0.15) is 46.0 Å². The van der Waals surface area contributed by atoms with E-state index >= 15 is 0 Å². The number of hydrogen-bond donors (Lipinski definition) is 2. The molecule has 1 heterocycles. The number of thioether (sulfide) groups is 1. The summed E-state index contributed by atoms with van der Waals surface area (Å²) in [6, 6.07) is 0. The lowest BCUT2D eigenvalue weighted by Crippen LogP contribution is -2.38. The van der Waals surface area contributed by atoms with Crippen molar-refractivity contribution in [3.05, 3.63) is 0 Å². The predicted molar refractivity (Wildman–Crippen MR) is 79.0 cm³/mol. The molecule has 0 saturated carbocycles. The summed E-state index contributed by atoms with van der Waals surface area (Å²) < 4.78 is 0. The van der Waals surface area contributed by atoms with Crippen molar-refractivity contribution < 1.29 is 0 Å². The van der Waals surface area contributed by atoms with Crippen molar-refractivity contribution in [2.24, 2.45) is 4.99 Å². The summed E-state index contributed by atoms with van der Waals surface area (Å²) >= 11 is 2.07. The highest BCUT2D eigenvalue weighted by Gasteiger charge is 2.14. The zero-order chi connectivity index (χ0) is 12.3.